The van der Waals surface area contributed by atoms with Crippen LogP contribution < -0.4 is 10.6 Å². The van der Waals surface area contributed by atoms with Crippen molar-refractivity contribution in [1.29, 1.82) is 0 Å². The van der Waals surface area contributed by atoms with Crippen LogP contribution in [0.25, 0.3) is 0 Å². The standard InChI is InChI=1S/C20H32N8O2S/c1-4-19-25-24-16-27(19)10-9-22-20(21-2)23-15-17-7-5-6-8-18(17)31(29,30)28-13-11-26(3)12-14-28/h5-8,16H,4,9-15H2,1-3H3,(H2,21,22,23). The zero-order valence-electron chi connectivity index (χ0n) is 18.5. The fourth-order valence-corrected chi connectivity index (χ4v) is 5.15. The first-order valence-electron chi connectivity index (χ1n) is 10.5. The average molecular weight is 449 g/mol. The lowest BCUT2D eigenvalue weighted by Crippen LogP contribution is -2.47. The largest absolute Gasteiger partial charge is 0.355 e. The van der Waals surface area contributed by atoms with Gasteiger partial charge in [0.1, 0.15) is 12.2 Å². The van der Waals surface area contributed by atoms with Gasteiger partial charge in [-0.25, -0.2) is 8.42 Å². The molecule has 0 saturated carbocycles. The first-order chi connectivity index (χ1) is 15.0. The molecular weight excluding hydrogens is 416 g/mol. The van der Waals surface area contributed by atoms with Crippen molar-refractivity contribution in [3.8, 4) is 0 Å². The lowest BCUT2D eigenvalue weighted by Gasteiger charge is -2.32. The summed E-state index contributed by atoms with van der Waals surface area (Å²) in [7, 11) is 0.164. The predicted octanol–water partition coefficient (Wildman–Crippen LogP) is 0.142. The topological polar surface area (TPSA) is 108 Å². The summed E-state index contributed by atoms with van der Waals surface area (Å²) in [5, 5.41) is 14.5. The fraction of sp³-hybridized carbons (Fsp3) is 0.550. The van der Waals surface area contributed by atoms with Crippen LogP contribution >= 0.6 is 0 Å². The summed E-state index contributed by atoms with van der Waals surface area (Å²) in [5.41, 5.74) is 0.719. The monoisotopic (exact) mass is 448 g/mol. The van der Waals surface area contributed by atoms with Gasteiger partial charge in [0.05, 0.1) is 4.90 Å². The first kappa shape index (κ1) is 23.2. The van der Waals surface area contributed by atoms with E-state index < -0.39 is 10.0 Å². The molecule has 1 aliphatic rings. The van der Waals surface area contributed by atoms with Crippen molar-refractivity contribution in [3.63, 3.8) is 0 Å². The van der Waals surface area contributed by atoms with Crippen LogP contribution in [-0.2, 0) is 29.5 Å². The van der Waals surface area contributed by atoms with Crippen LogP contribution in [-0.4, -0.2) is 85.2 Å². The molecule has 1 aliphatic heterocycles. The van der Waals surface area contributed by atoms with E-state index >= 15 is 0 Å². The van der Waals surface area contributed by atoms with Crippen molar-refractivity contribution >= 4 is 16.0 Å². The molecule has 0 atom stereocenters. The zero-order valence-corrected chi connectivity index (χ0v) is 19.3. The van der Waals surface area contributed by atoms with Gasteiger partial charge in [0, 0.05) is 59.3 Å². The zero-order chi connectivity index (χ0) is 22.3. The number of aliphatic imine (C=N–C) groups is 1. The maximum absolute atomic E-state index is 13.2. The number of rotatable bonds is 8. The molecule has 10 nitrogen and oxygen atoms in total. The van der Waals surface area contributed by atoms with Crippen molar-refractivity contribution in [2.45, 2.75) is 31.3 Å². The predicted molar refractivity (Wildman–Crippen MR) is 120 cm³/mol. The normalized spacial score (nSPS) is 16.4. The van der Waals surface area contributed by atoms with Crippen LogP contribution in [0, 0.1) is 0 Å². The Bertz CT molecular complexity index is 981. The highest BCUT2D eigenvalue weighted by Gasteiger charge is 2.29. The summed E-state index contributed by atoms with van der Waals surface area (Å²) < 4.78 is 30.0. The number of likely N-dealkylation sites (N-methyl/N-ethyl adjacent to an activating group) is 1. The Labute approximate surface area is 184 Å². The summed E-state index contributed by atoms with van der Waals surface area (Å²) in [6.45, 7) is 6.25. The summed E-state index contributed by atoms with van der Waals surface area (Å²) >= 11 is 0. The van der Waals surface area contributed by atoms with Gasteiger partial charge in [-0.1, -0.05) is 25.1 Å². The van der Waals surface area contributed by atoms with Gasteiger partial charge < -0.3 is 20.1 Å². The molecule has 0 unspecified atom stereocenters. The van der Waals surface area contributed by atoms with Crippen LogP contribution in [0.15, 0.2) is 40.5 Å². The van der Waals surface area contributed by atoms with Gasteiger partial charge in [0.2, 0.25) is 10.0 Å². The van der Waals surface area contributed by atoms with Crippen molar-refractivity contribution in [3.05, 3.63) is 42.0 Å². The Kier molecular flexibility index (Phi) is 7.99. The molecule has 2 heterocycles. The Hall–Kier alpha value is -2.50. The van der Waals surface area contributed by atoms with Crippen molar-refractivity contribution in [2.24, 2.45) is 4.99 Å². The maximum atomic E-state index is 13.2. The van der Waals surface area contributed by atoms with Crippen molar-refractivity contribution in [2.75, 3.05) is 46.8 Å². The molecule has 1 aromatic heterocycles. The molecule has 0 radical (unpaired) electrons. The number of piperazine rings is 1. The van der Waals surface area contributed by atoms with Gasteiger partial charge in [-0.2, -0.15) is 4.31 Å². The van der Waals surface area contributed by atoms with Crippen molar-refractivity contribution < 1.29 is 8.42 Å². The van der Waals surface area contributed by atoms with Gasteiger partial charge in [-0.05, 0) is 18.7 Å². The van der Waals surface area contributed by atoms with E-state index in [9.17, 15) is 8.42 Å². The molecule has 2 N–H and O–H groups in total. The highest BCUT2D eigenvalue weighted by molar-refractivity contribution is 7.89. The smallest absolute Gasteiger partial charge is 0.243 e. The maximum Gasteiger partial charge on any atom is 0.243 e. The Morgan fingerprint density at radius 2 is 1.90 bits per heavy atom. The average Bonchev–Trinajstić information content (AvgIpc) is 3.24. The van der Waals surface area contributed by atoms with Crippen LogP contribution in [0.5, 0.6) is 0 Å². The second-order valence-electron chi connectivity index (χ2n) is 7.46. The number of hydrogen-bond donors (Lipinski definition) is 2. The third-order valence-corrected chi connectivity index (χ3v) is 7.38. The minimum Gasteiger partial charge on any atom is -0.355 e. The van der Waals surface area contributed by atoms with E-state index in [0.717, 1.165) is 30.9 Å². The van der Waals surface area contributed by atoms with Crippen LogP contribution in [0.4, 0.5) is 0 Å². The Morgan fingerprint density at radius 3 is 2.61 bits per heavy atom. The van der Waals surface area contributed by atoms with E-state index in [1.165, 1.54) is 0 Å². The van der Waals surface area contributed by atoms with Crippen molar-refractivity contribution in [1.82, 2.24) is 34.6 Å². The molecule has 0 aliphatic carbocycles. The molecule has 170 valence electrons. The molecule has 3 rings (SSSR count). The van der Waals surface area contributed by atoms with Gasteiger partial charge in [-0.15, -0.1) is 10.2 Å². The molecule has 2 aromatic rings. The van der Waals surface area contributed by atoms with E-state index in [4.69, 9.17) is 0 Å². The van der Waals surface area contributed by atoms with E-state index in [2.05, 4.69) is 30.7 Å². The minimum atomic E-state index is -3.54. The van der Waals surface area contributed by atoms with Gasteiger partial charge >= 0.3 is 0 Å². The lowest BCUT2D eigenvalue weighted by atomic mass is 10.2. The third-order valence-electron chi connectivity index (χ3n) is 5.38. The molecule has 1 aromatic carbocycles. The summed E-state index contributed by atoms with van der Waals surface area (Å²) in [5.74, 6) is 1.55. The second-order valence-corrected chi connectivity index (χ2v) is 9.37. The number of aromatic nitrogens is 3. The molecule has 31 heavy (non-hydrogen) atoms. The van der Waals surface area contributed by atoms with E-state index in [1.807, 2.05) is 30.7 Å². The quantitative estimate of drug-likeness (QED) is 0.437. The molecular formula is C20H32N8O2S. The molecule has 1 fully saturated rings. The van der Waals surface area contributed by atoms with Crippen LogP contribution in [0.2, 0.25) is 0 Å². The number of nitrogens with zero attached hydrogens (tertiary/aromatic N) is 6. The number of aryl methyl sites for hydroxylation is 1. The van der Waals surface area contributed by atoms with Gasteiger partial charge in [0.25, 0.3) is 0 Å². The van der Waals surface area contributed by atoms with Gasteiger partial charge in [0.15, 0.2) is 5.96 Å². The molecule has 0 bridgehead atoms. The highest BCUT2D eigenvalue weighted by Crippen LogP contribution is 2.21. The summed E-state index contributed by atoms with van der Waals surface area (Å²) in [6, 6.07) is 7.14. The summed E-state index contributed by atoms with van der Waals surface area (Å²) in [4.78, 5) is 6.73. The minimum absolute atomic E-state index is 0.347. The molecule has 11 heteroatoms. The Balaban J connectivity index is 1.61. The molecule has 0 amide bonds. The summed E-state index contributed by atoms with van der Waals surface area (Å²) in [6.07, 6.45) is 2.54. The van der Waals surface area contributed by atoms with Crippen LogP contribution in [0.3, 0.4) is 0 Å². The third kappa shape index (κ3) is 5.81. The SMILES string of the molecule is CCc1nncn1CCNC(=NC)NCc1ccccc1S(=O)(=O)N1CCN(C)CC1. The number of hydrogen-bond acceptors (Lipinski definition) is 6. The van der Waals surface area contributed by atoms with Crippen LogP contribution in [0.1, 0.15) is 18.3 Å². The van der Waals surface area contributed by atoms with E-state index in [1.54, 1.807) is 29.8 Å². The fourth-order valence-electron chi connectivity index (χ4n) is 3.50. The van der Waals surface area contributed by atoms with E-state index in [-0.39, 0.29) is 0 Å². The van der Waals surface area contributed by atoms with Gasteiger partial charge in [-0.3, -0.25) is 4.99 Å². The number of sulfonamides is 1. The number of guanidine groups is 1. The first-order valence-corrected chi connectivity index (χ1v) is 12.0. The van der Waals surface area contributed by atoms with E-state index in [0.29, 0.717) is 43.6 Å². The second kappa shape index (κ2) is 10.7. The molecule has 1 saturated heterocycles. The highest BCUT2D eigenvalue weighted by atomic mass is 32.2. The molecule has 0 spiro atoms. The lowest BCUT2D eigenvalue weighted by molar-refractivity contribution is 0.222. The number of benzene rings is 1. The Morgan fingerprint density at radius 1 is 1.16 bits per heavy atom. The number of nitrogens with one attached hydrogen (secondary N) is 2.